The van der Waals surface area contributed by atoms with E-state index in [4.69, 9.17) is 0 Å². The van der Waals surface area contributed by atoms with Gasteiger partial charge in [-0.1, -0.05) is 13.0 Å². The molecule has 0 saturated carbocycles. The Hall–Kier alpha value is -1.07. The first kappa shape index (κ1) is 17.3. The molecule has 5 heteroatoms. The van der Waals surface area contributed by atoms with Crippen LogP contribution < -0.4 is 5.32 Å². The van der Waals surface area contributed by atoms with Gasteiger partial charge in [0.15, 0.2) is 0 Å². The van der Waals surface area contributed by atoms with Gasteiger partial charge in [-0.25, -0.2) is 4.79 Å². The van der Waals surface area contributed by atoms with Crippen molar-refractivity contribution in [3.63, 3.8) is 0 Å². The minimum Gasteiger partial charge on any atom is -0.338 e. The lowest BCUT2D eigenvalue weighted by Gasteiger charge is -2.30. The minimum absolute atomic E-state index is 0.0585. The lowest BCUT2D eigenvalue weighted by atomic mass is 9.99. The third-order valence-electron chi connectivity index (χ3n) is 4.40. The standard InChI is InChI=1S/C17H29N3OS/c1-3-20(14-16-6-4-13-22-16)17(21)18-9-5-10-19-11-7-15(2)8-12-19/h4,6,13,15H,3,5,7-12,14H2,1-2H3,(H,18,21). The van der Waals surface area contributed by atoms with E-state index in [-0.39, 0.29) is 6.03 Å². The Morgan fingerprint density at radius 1 is 1.45 bits per heavy atom. The van der Waals surface area contributed by atoms with Gasteiger partial charge in [-0.2, -0.15) is 0 Å². The van der Waals surface area contributed by atoms with E-state index in [1.807, 2.05) is 17.9 Å². The maximum absolute atomic E-state index is 12.2. The Balaban J connectivity index is 1.61. The summed E-state index contributed by atoms with van der Waals surface area (Å²) >= 11 is 1.70. The van der Waals surface area contributed by atoms with E-state index in [1.54, 1.807) is 11.3 Å². The van der Waals surface area contributed by atoms with E-state index in [9.17, 15) is 4.79 Å². The molecule has 2 amide bonds. The largest absolute Gasteiger partial charge is 0.338 e. The summed E-state index contributed by atoms with van der Waals surface area (Å²) in [6.07, 6.45) is 3.67. The molecule has 0 aromatic carbocycles. The van der Waals surface area contributed by atoms with E-state index in [2.05, 4.69) is 28.6 Å². The summed E-state index contributed by atoms with van der Waals surface area (Å²) in [6, 6.07) is 4.17. The first-order valence-electron chi connectivity index (χ1n) is 8.46. The average Bonchev–Trinajstić information content (AvgIpc) is 3.04. The maximum atomic E-state index is 12.2. The topological polar surface area (TPSA) is 35.6 Å². The van der Waals surface area contributed by atoms with Crippen molar-refractivity contribution in [2.75, 3.05) is 32.7 Å². The van der Waals surface area contributed by atoms with Crippen LogP contribution >= 0.6 is 11.3 Å². The molecule has 1 saturated heterocycles. The molecule has 1 aromatic heterocycles. The fraction of sp³-hybridized carbons (Fsp3) is 0.706. The Labute approximate surface area is 138 Å². The number of nitrogens with one attached hydrogen (secondary N) is 1. The Morgan fingerprint density at radius 3 is 2.86 bits per heavy atom. The number of amides is 2. The fourth-order valence-corrected chi connectivity index (χ4v) is 3.53. The molecule has 1 aromatic rings. The number of carbonyl (C=O) groups is 1. The lowest BCUT2D eigenvalue weighted by Crippen LogP contribution is -2.41. The number of hydrogen-bond acceptors (Lipinski definition) is 3. The summed E-state index contributed by atoms with van der Waals surface area (Å²) in [4.78, 5) is 17.8. The number of carbonyl (C=O) groups excluding carboxylic acids is 1. The zero-order valence-electron chi connectivity index (χ0n) is 13.9. The molecule has 0 atom stereocenters. The molecule has 2 heterocycles. The molecule has 1 fully saturated rings. The number of rotatable bonds is 7. The second-order valence-corrected chi connectivity index (χ2v) is 7.24. The number of piperidine rings is 1. The molecule has 0 bridgehead atoms. The van der Waals surface area contributed by atoms with Crippen LogP contribution in [0.4, 0.5) is 4.79 Å². The van der Waals surface area contributed by atoms with Gasteiger partial charge < -0.3 is 15.1 Å². The van der Waals surface area contributed by atoms with Gasteiger partial charge in [0.25, 0.3) is 0 Å². The van der Waals surface area contributed by atoms with Crippen LogP contribution in [0.5, 0.6) is 0 Å². The van der Waals surface area contributed by atoms with Crippen LogP contribution in [0.15, 0.2) is 17.5 Å². The molecule has 2 rings (SSSR count). The number of urea groups is 1. The van der Waals surface area contributed by atoms with E-state index in [0.29, 0.717) is 6.54 Å². The van der Waals surface area contributed by atoms with Crippen LogP contribution in [0.1, 0.15) is 38.0 Å². The predicted octanol–water partition coefficient (Wildman–Crippen LogP) is 3.40. The molecule has 1 aliphatic rings. The number of thiophene rings is 1. The molecule has 1 N–H and O–H groups in total. The van der Waals surface area contributed by atoms with E-state index in [0.717, 1.165) is 32.0 Å². The van der Waals surface area contributed by atoms with Crippen molar-refractivity contribution in [1.82, 2.24) is 15.1 Å². The summed E-state index contributed by atoms with van der Waals surface area (Å²) in [7, 11) is 0. The minimum atomic E-state index is 0.0585. The quantitative estimate of drug-likeness (QED) is 0.781. The summed E-state index contributed by atoms with van der Waals surface area (Å²) in [5, 5.41) is 5.12. The zero-order valence-corrected chi connectivity index (χ0v) is 14.7. The van der Waals surface area contributed by atoms with Gasteiger partial charge in [0.05, 0.1) is 6.54 Å². The monoisotopic (exact) mass is 323 g/mol. The lowest BCUT2D eigenvalue weighted by molar-refractivity contribution is 0.185. The van der Waals surface area contributed by atoms with Crippen molar-refractivity contribution in [2.45, 2.75) is 39.7 Å². The molecule has 0 unspecified atom stereocenters. The van der Waals surface area contributed by atoms with Crippen molar-refractivity contribution in [3.8, 4) is 0 Å². The molecular formula is C17H29N3OS. The second kappa shape index (κ2) is 9.16. The van der Waals surface area contributed by atoms with Crippen LogP contribution in [0.2, 0.25) is 0 Å². The first-order valence-corrected chi connectivity index (χ1v) is 9.34. The number of likely N-dealkylation sites (tertiary alicyclic amines) is 1. The maximum Gasteiger partial charge on any atom is 0.317 e. The van der Waals surface area contributed by atoms with Crippen LogP contribution in [0.25, 0.3) is 0 Å². The van der Waals surface area contributed by atoms with Crippen molar-refractivity contribution in [2.24, 2.45) is 5.92 Å². The summed E-state index contributed by atoms with van der Waals surface area (Å²) in [5.74, 6) is 0.881. The van der Waals surface area contributed by atoms with Crippen molar-refractivity contribution >= 4 is 17.4 Å². The molecule has 124 valence electrons. The van der Waals surface area contributed by atoms with Gasteiger partial charge in [-0.05, 0) is 63.2 Å². The van der Waals surface area contributed by atoms with Crippen molar-refractivity contribution in [1.29, 1.82) is 0 Å². The molecular weight excluding hydrogens is 294 g/mol. The van der Waals surface area contributed by atoms with Crippen LogP contribution in [-0.2, 0) is 6.54 Å². The van der Waals surface area contributed by atoms with Crippen molar-refractivity contribution in [3.05, 3.63) is 22.4 Å². The molecule has 0 radical (unpaired) electrons. The highest BCUT2D eigenvalue weighted by atomic mass is 32.1. The molecule has 1 aliphatic heterocycles. The summed E-state index contributed by atoms with van der Waals surface area (Å²) in [6.45, 7) is 10.1. The third kappa shape index (κ3) is 5.61. The number of hydrogen-bond donors (Lipinski definition) is 1. The third-order valence-corrected chi connectivity index (χ3v) is 5.26. The van der Waals surface area contributed by atoms with Gasteiger partial charge in [0.2, 0.25) is 0 Å². The predicted molar refractivity (Wildman–Crippen MR) is 93.3 cm³/mol. The fourth-order valence-electron chi connectivity index (χ4n) is 2.81. The molecule has 22 heavy (non-hydrogen) atoms. The smallest absolute Gasteiger partial charge is 0.317 e. The Bertz CT molecular complexity index is 427. The second-order valence-electron chi connectivity index (χ2n) is 6.20. The van der Waals surface area contributed by atoms with Crippen LogP contribution in [-0.4, -0.2) is 48.6 Å². The normalized spacial score (nSPS) is 16.6. The first-order chi connectivity index (χ1) is 10.7. The summed E-state index contributed by atoms with van der Waals surface area (Å²) < 4.78 is 0. The molecule has 0 aliphatic carbocycles. The van der Waals surface area contributed by atoms with Crippen molar-refractivity contribution < 1.29 is 4.79 Å². The average molecular weight is 324 g/mol. The van der Waals surface area contributed by atoms with Gasteiger partial charge >= 0.3 is 6.03 Å². The van der Waals surface area contributed by atoms with Gasteiger partial charge in [-0.3, -0.25) is 0 Å². The van der Waals surface area contributed by atoms with Gasteiger partial charge in [0, 0.05) is 18.0 Å². The number of nitrogens with zero attached hydrogens (tertiary/aromatic N) is 2. The Morgan fingerprint density at radius 2 is 2.23 bits per heavy atom. The molecule has 0 spiro atoms. The SMILES string of the molecule is CCN(Cc1cccs1)C(=O)NCCCN1CCC(C)CC1. The summed E-state index contributed by atoms with van der Waals surface area (Å²) in [5.41, 5.74) is 0. The highest BCUT2D eigenvalue weighted by Gasteiger charge is 2.15. The van der Waals surface area contributed by atoms with E-state index >= 15 is 0 Å². The van der Waals surface area contributed by atoms with E-state index in [1.165, 1.54) is 30.8 Å². The highest BCUT2D eigenvalue weighted by Crippen LogP contribution is 2.15. The molecule has 4 nitrogen and oxygen atoms in total. The Kier molecular flexibility index (Phi) is 7.19. The van der Waals surface area contributed by atoms with Gasteiger partial charge in [0.1, 0.15) is 0 Å². The van der Waals surface area contributed by atoms with Crippen LogP contribution in [0, 0.1) is 5.92 Å². The zero-order chi connectivity index (χ0) is 15.8. The highest BCUT2D eigenvalue weighted by molar-refractivity contribution is 7.09. The van der Waals surface area contributed by atoms with Gasteiger partial charge in [-0.15, -0.1) is 11.3 Å². The van der Waals surface area contributed by atoms with E-state index < -0.39 is 0 Å². The van der Waals surface area contributed by atoms with Crippen LogP contribution in [0.3, 0.4) is 0 Å².